The Labute approximate surface area is 237 Å². The van der Waals surface area contributed by atoms with E-state index < -0.39 is 17.2 Å². The molecule has 0 N–H and O–H groups in total. The van der Waals surface area contributed by atoms with Crippen LogP contribution < -0.4 is 20.1 Å². The van der Waals surface area contributed by atoms with Crippen molar-refractivity contribution in [2.24, 2.45) is 0 Å². The zero-order chi connectivity index (χ0) is 28.4. The topological polar surface area (TPSA) is 76.9 Å². The fourth-order valence-electron chi connectivity index (χ4n) is 6.35. The highest BCUT2D eigenvalue weighted by Gasteiger charge is 2.45. The van der Waals surface area contributed by atoms with Crippen LogP contribution in [0.15, 0.2) is 59.4 Å². The maximum absolute atomic E-state index is 14.2. The van der Waals surface area contributed by atoms with Gasteiger partial charge in [0, 0.05) is 50.2 Å². The van der Waals surface area contributed by atoms with Crippen LogP contribution in [-0.4, -0.2) is 53.6 Å². The number of nitrogens with zero attached hydrogens (tertiary/aromatic N) is 4. The first-order valence-corrected chi connectivity index (χ1v) is 14.4. The van der Waals surface area contributed by atoms with Gasteiger partial charge in [-0.3, -0.25) is 9.59 Å². The largest absolute Gasteiger partial charge is 0.473 e. The number of piperidine rings is 2. The molecular weight excluding hydrogens is 530 g/mol. The van der Waals surface area contributed by atoms with Gasteiger partial charge in [-0.05, 0) is 43.4 Å². The predicted molar refractivity (Wildman–Crippen MR) is 150 cm³/mol. The second-order valence-electron chi connectivity index (χ2n) is 11.1. The van der Waals surface area contributed by atoms with E-state index in [2.05, 4.69) is 5.10 Å². The molecule has 0 aliphatic carbocycles. The quantitative estimate of drug-likeness (QED) is 0.433. The minimum absolute atomic E-state index is 0.0330. The highest BCUT2D eigenvalue weighted by molar-refractivity contribution is 5.95. The van der Waals surface area contributed by atoms with Gasteiger partial charge < -0.3 is 19.3 Å². The number of rotatable bonds is 6. The molecular formula is C31H34F2N4O4. The van der Waals surface area contributed by atoms with Gasteiger partial charge in [-0.15, -0.1) is 5.10 Å². The maximum atomic E-state index is 14.2. The molecule has 3 aliphatic heterocycles. The van der Waals surface area contributed by atoms with E-state index in [4.69, 9.17) is 9.47 Å². The average Bonchev–Trinajstić information content (AvgIpc) is 2.98. The molecule has 0 saturated carbocycles. The van der Waals surface area contributed by atoms with Crippen LogP contribution in [0.1, 0.15) is 50.5 Å². The van der Waals surface area contributed by atoms with Gasteiger partial charge in [-0.2, -0.15) is 0 Å². The highest BCUT2D eigenvalue weighted by atomic mass is 19.2. The molecule has 6 rings (SSSR count). The van der Waals surface area contributed by atoms with Gasteiger partial charge in [0.05, 0.1) is 25.3 Å². The maximum Gasteiger partial charge on any atom is 0.290 e. The fraction of sp³-hybridized carbons (Fsp3) is 0.452. The van der Waals surface area contributed by atoms with Crippen LogP contribution in [0.2, 0.25) is 0 Å². The number of anilines is 2. The first-order valence-electron chi connectivity index (χ1n) is 14.4. The summed E-state index contributed by atoms with van der Waals surface area (Å²) in [5.41, 5.74) is 1.11. The van der Waals surface area contributed by atoms with Crippen molar-refractivity contribution in [1.82, 2.24) is 9.78 Å². The summed E-state index contributed by atoms with van der Waals surface area (Å²) in [6, 6.07) is 15.1. The second-order valence-corrected chi connectivity index (χ2v) is 11.1. The van der Waals surface area contributed by atoms with Gasteiger partial charge in [-0.1, -0.05) is 30.3 Å². The average molecular weight is 565 g/mol. The van der Waals surface area contributed by atoms with Crippen molar-refractivity contribution in [3.63, 3.8) is 0 Å². The monoisotopic (exact) mass is 564 g/mol. The number of halogens is 2. The zero-order valence-corrected chi connectivity index (χ0v) is 22.9. The van der Waals surface area contributed by atoms with Gasteiger partial charge in [0.15, 0.2) is 11.6 Å². The Morgan fingerprint density at radius 1 is 0.951 bits per heavy atom. The zero-order valence-electron chi connectivity index (χ0n) is 22.9. The highest BCUT2D eigenvalue weighted by Crippen LogP contribution is 2.42. The van der Waals surface area contributed by atoms with E-state index in [1.54, 1.807) is 11.0 Å². The Bertz CT molecular complexity index is 1450. The molecule has 8 nitrogen and oxygen atoms in total. The molecule has 4 heterocycles. The Morgan fingerprint density at radius 2 is 1.71 bits per heavy atom. The van der Waals surface area contributed by atoms with Gasteiger partial charge in [-0.25, -0.2) is 13.5 Å². The van der Waals surface area contributed by atoms with Crippen molar-refractivity contribution in [1.29, 1.82) is 0 Å². The van der Waals surface area contributed by atoms with E-state index in [-0.39, 0.29) is 17.6 Å². The summed E-state index contributed by atoms with van der Waals surface area (Å²) >= 11 is 0. The molecule has 1 spiro atoms. The second kappa shape index (κ2) is 11.6. The molecule has 3 saturated heterocycles. The van der Waals surface area contributed by atoms with Gasteiger partial charge >= 0.3 is 0 Å². The predicted octanol–water partition coefficient (Wildman–Crippen LogP) is 4.68. The van der Waals surface area contributed by atoms with Crippen molar-refractivity contribution in [3.05, 3.63) is 82.1 Å². The summed E-state index contributed by atoms with van der Waals surface area (Å²) in [5.74, 6) is -1.59. The summed E-state index contributed by atoms with van der Waals surface area (Å²) < 4.78 is 41.0. The molecule has 0 radical (unpaired) electrons. The summed E-state index contributed by atoms with van der Waals surface area (Å²) in [5, 5.41) is 4.57. The molecule has 41 heavy (non-hydrogen) atoms. The molecule has 3 fully saturated rings. The van der Waals surface area contributed by atoms with E-state index in [1.165, 1.54) is 10.7 Å². The van der Waals surface area contributed by atoms with Crippen LogP contribution in [0.5, 0.6) is 5.88 Å². The molecule has 1 amide bonds. The SMILES string of the molecule is O=C1CCCC2(CCN(c3cc(OC4CCOCC4)nn(Cc4ccccc4)c3=O)CC2)N1c1ccc(F)c(F)c1. The Kier molecular flexibility index (Phi) is 7.75. The summed E-state index contributed by atoms with van der Waals surface area (Å²) in [7, 11) is 0. The van der Waals surface area contributed by atoms with Crippen LogP contribution in [0.4, 0.5) is 20.2 Å². The number of amides is 1. The number of aromatic nitrogens is 2. The van der Waals surface area contributed by atoms with Gasteiger partial charge in [0.25, 0.3) is 5.56 Å². The molecule has 0 atom stereocenters. The van der Waals surface area contributed by atoms with E-state index in [1.807, 2.05) is 35.2 Å². The molecule has 216 valence electrons. The number of hydrogen-bond donors (Lipinski definition) is 0. The number of benzene rings is 2. The number of carbonyl (C=O) groups is 1. The minimum Gasteiger partial charge on any atom is -0.473 e. The molecule has 3 aromatic rings. The lowest BCUT2D eigenvalue weighted by molar-refractivity contribution is -0.121. The summed E-state index contributed by atoms with van der Waals surface area (Å²) in [6.07, 6.45) is 4.53. The number of hydrogen-bond acceptors (Lipinski definition) is 6. The molecule has 0 unspecified atom stereocenters. The lowest BCUT2D eigenvalue weighted by Gasteiger charge is -2.51. The van der Waals surface area contributed by atoms with Crippen LogP contribution in [0, 0.1) is 11.6 Å². The molecule has 1 aromatic heterocycles. The minimum atomic E-state index is -0.971. The van der Waals surface area contributed by atoms with Crippen molar-refractivity contribution in [2.75, 3.05) is 36.1 Å². The number of carbonyl (C=O) groups excluding carboxylic acids is 1. The third kappa shape index (κ3) is 5.70. The van der Waals surface area contributed by atoms with Gasteiger partial charge in [0.1, 0.15) is 11.8 Å². The molecule has 3 aliphatic rings. The van der Waals surface area contributed by atoms with Crippen molar-refractivity contribution < 1.29 is 23.0 Å². The van der Waals surface area contributed by atoms with Crippen LogP contribution >= 0.6 is 0 Å². The lowest BCUT2D eigenvalue weighted by atomic mass is 9.77. The smallest absolute Gasteiger partial charge is 0.290 e. The van der Waals surface area contributed by atoms with E-state index >= 15 is 0 Å². The third-order valence-corrected chi connectivity index (χ3v) is 8.52. The van der Waals surface area contributed by atoms with Crippen molar-refractivity contribution in [2.45, 2.75) is 63.1 Å². The standard InChI is InChI=1S/C31H34F2N4O4/c32-25-9-8-23(19-26(25)33)37-29(38)7-4-12-31(37)13-15-35(16-14-31)27-20-28(41-24-10-17-40-18-11-24)34-36(30(27)39)21-22-5-2-1-3-6-22/h1-3,5-6,8-9,19-20,24H,4,7,10-18,21H2. The molecule has 0 bridgehead atoms. The first-order chi connectivity index (χ1) is 19.9. The third-order valence-electron chi connectivity index (χ3n) is 8.52. The Morgan fingerprint density at radius 3 is 2.44 bits per heavy atom. The van der Waals surface area contributed by atoms with Crippen LogP contribution in [0.3, 0.4) is 0 Å². The van der Waals surface area contributed by atoms with Crippen molar-refractivity contribution >= 4 is 17.3 Å². The Balaban J connectivity index is 1.28. The first kappa shape index (κ1) is 27.4. The summed E-state index contributed by atoms with van der Waals surface area (Å²) in [6.45, 7) is 2.61. The summed E-state index contributed by atoms with van der Waals surface area (Å²) in [4.78, 5) is 30.6. The fourth-order valence-corrected chi connectivity index (χ4v) is 6.35. The van der Waals surface area contributed by atoms with Crippen LogP contribution in [0.25, 0.3) is 0 Å². The van der Waals surface area contributed by atoms with Crippen molar-refractivity contribution in [3.8, 4) is 5.88 Å². The molecule has 2 aromatic carbocycles. The Hall–Kier alpha value is -3.79. The van der Waals surface area contributed by atoms with Crippen LogP contribution in [-0.2, 0) is 16.1 Å². The van der Waals surface area contributed by atoms with Gasteiger partial charge in [0.2, 0.25) is 11.8 Å². The van der Waals surface area contributed by atoms with E-state index in [0.717, 1.165) is 43.4 Å². The molecule has 10 heteroatoms. The number of ether oxygens (including phenoxy) is 2. The van der Waals surface area contributed by atoms with E-state index in [0.29, 0.717) is 69.4 Å². The normalized spacial score (nSPS) is 19.5. The lowest BCUT2D eigenvalue weighted by Crippen LogP contribution is -2.60. The van der Waals surface area contributed by atoms with E-state index in [9.17, 15) is 18.4 Å².